The fourth-order valence-corrected chi connectivity index (χ4v) is 2.37. The lowest BCUT2D eigenvalue weighted by Crippen LogP contribution is -2.10. The van der Waals surface area contributed by atoms with E-state index >= 15 is 0 Å². The third-order valence-electron chi connectivity index (χ3n) is 3.39. The average molecular weight is 248 g/mol. The SMILES string of the molecule is CN(c1cccc(N)c1)c1cccc2ccccc12. The summed E-state index contributed by atoms with van der Waals surface area (Å²) in [6, 6.07) is 22.7. The highest BCUT2D eigenvalue weighted by Crippen LogP contribution is 2.31. The molecule has 3 aromatic carbocycles. The van der Waals surface area contributed by atoms with Gasteiger partial charge in [0.05, 0.1) is 0 Å². The molecule has 94 valence electrons. The summed E-state index contributed by atoms with van der Waals surface area (Å²) >= 11 is 0. The van der Waals surface area contributed by atoms with Gasteiger partial charge >= 0.3 is 0 Å². The lowest BCUT2D eigenvalue weighted by Gasteiger charge is -2.21. The molecule has 0 aliphatic heterocycles. The van der Waals surface area contributed by atoms with Crippen molar-refractivity contribution in [1.29, 1.82) is 0 Å². The van der Waals surface area contributed by atoms with Crippen LogP contribution >= 0.6 is 0 Å². The number of hydrogen-bond acceptors (Lipinski definition) is 2. The molecule has 0 heterocycles. The molecule has 0 aromatic heterocycles. The van der Waals surface area contributed by atoms with E-state index in [1.807, 2.05) is 18.2 Å². The number of anilines is 3. The van der Waals surface area contributed by atoms with Crippen molar-refractivity contribution < 1.29 is 0 Å². The van der Waals surface area contributed by atoms with Gasteiger partial charge in [-0.15, -0.1) is 0 Å². The molecule has 0 fully saturated rings. The molecule has 2 nitrogen and oxygen atoms in total. The monoisotopic (exact) mass is 248 g/mol. The average Bonchev–Trinajstić information content (AvgIpc) is 2.46. The Morgan fingerprint density at radius 1 is 0.842 bits per heavy atom. The van der Waals surface area contributed by atoms with Crippen LogP contribution in [0.15, 0.2) is 66.7 Å². The molecule has 0 bridgehead atoms. The molecule has 2 N–H and O–H groups in total. The maximum absolute atomic E-state index is 5.86. The van der Waals surface area contributed by atoms with Gasteiger partial charge in [0.2, 0.25) is 0 Å². The van der Waals surface area contributed by atoms with Crippen LogP contribution in [0.5, 0.6) is 0 Å². The Morgan fingerprint density at radius 3 is 2.42 bits per heavy atom. The molecule has 0 unspecified atom stereocenters. The summed E-state index contributed by atoms with van der Waals surface area (Å²) in [5.41, 5.74) is 8.92. The van der Waals surface area contributed by atoms with Crippen LogP contribution in [0.25, 0.3) is 10.8 Å². The van der Waals surface area contributed by atoms with E-state index in [0.29, 0.717) is 0 Å². The Bertz CT molecular complexity index is 714. The van der Waals surface area contributed by atoms with Gasteiger partial charge in [-0.25, -0.2) is 0 Å². The summed E-state index contributed by atoms with van der Waals surface area (Å²) in [6.45, 7) is 0. The van der Waals surface area contributed by atoms with Gasteiger partial charge < -0.3 is 10.6 Å². The van der Waals surface area contributed by atoms with Crippen molar-refractivity contribution in [3.63, 3.8) is 0 Å². The first-order valence-electron chi connectivity index (χ1n) is 6.33. The Balaban J connectivity index is 2.14. The first-order valence-corrected chi connectivity index (χ1v) is 6.33. The summed E-state index contributed by atoms with van der Waals surface area (Å²) in [4.78, 5) is 2.17. The first-order chi connectivity index (χ1) is 9.25. The lowest BCUT2D eigenvalue weighted by atomic mass is 10.1. The van der Waals surface area contributed by atoms with Crippen LogP contribution in [0.1, 0.15) is 0 Å². The molecule has 0 amide bonds. The molecule has 3 aromatic rings. The number of nitrogens with two attached hydrogens (primary N) is 1. The lowest BCUT2D eigenvalue weighted by molar-refractivity contribution is 1.22. The number of nitrogen functional groups attached to an aromatic ring is 1. The van der Waals surface area contributed by atoms with Gasteiger partial charge in [0.15, 0.2) is 0 Å². The topological polar surface area (TPSA) is 29.3 Å². The molecule has 0 saturated heterocycles. The van der Waals surface area contributed by atoms with E-state index < -0.39 is 0 Å². The smallest absolute Gasteiger partial charge is 0.0487 e. The highest BCUT2D eigenvalue weighted by molar-refractivity contribution is 5.96. The molecular formula is C17H16N2. The second kappa shape index (κ2) is 4.65. The third kappa shape index (κ3) is 2.13. The molecule has 0 atom stereocenters. The van der Waals surface area contributed by atoms with Crippen molar-refractivity contribution in [2.75, 3.05) is 17.7 Å². The van der Waals surface area contributed by atoms with E-state index in [4.69, 9.17) is 5.73 Å². The standard InChI is InChI=1S/C17H16N2/c1-19(15-9-5-8-14(18)12-15)17-11-4-7-13-6-2-3-10-16(13)17/h2-12H,18H2,1H3. The summed E-state index contributed by atoms with van der Waals surface area (Å²) in [6.07, 6.45) is 0. The quantitative estimate of drug-likeness (QED) is 0.689. The molecule has 19 heavy (non-hydrogen) atoms. The third-order valence-corrected chi connectivity index (χ3v) is 3.39. The summed E-state index contributed by atoms with van der Waals surface area (Å²) in [7, 11) is 2.07. The van der Waals surface area contributed by atoms with Crippen LogP contribution < -0.4 is 10.6 Å². The van der Waals surface area contributed by atoms with E-state index in [1.165, 1.54) is 16.5 Å². The van der Waals surface area contributed by atoms with Crippen LogP contribution in [0, 0.1) is 0 Å². The van der Waals surface area contributed by atoms with Crippen molar-refractivity contribution in [3.05, 3.63) is 66.7 Å². The Hall–Kier alpha value is -2.48. The Labute approximate surface area is 113 Å². The van der Waals surface area contributed by atoms with Crippen molar-refractivity contribution in [3.8, 4) is 0 Å². The van der Waals surface area contributed by atoms with Crippen LogP contribution in [0.4, 0.5) is 17.1 Å². The molecule has 3 rings (SSSR count). The number of nitrogens with zero attached hydrogens (tertiary/aromatic N) is 1. The fourth-order valence-electron chi connectivity index (χ4n) is 2.37. The Kier molecular flexibility index (Phi) is 2.84. The van der Waals surface area contributed by atoms with Crippen LogP contribution in [0.2, 0.25) is 0 Å². The van der Waals surface area contributed by atoms with Gasteiger partial charge in [0.1, 0.15) is 0 Å². The van der Waals surface area contributed by atoms with E-state index in [2.05, 4.69) is 60.5 Å². The minimum absolute atomic E-state index is 0.782. The molecule has 0 saturated carbocycles. The highest BCUT2D eigenvalue weighted by atomic mass is 15.1. The highest BCUT2D eigenvalue weighted by Gasteiger charge is 2.07. The predicted molar refractivity (Wildman–Crippen MR) is 82.9 cm³/mol. The molecule has 0 radical (unpaired) electrons. The second-order valence-corrected chi connectivity index (χ2v) is 4.65. The number of rotatable bonds is 2. The maximum atomic E-state index is 5.86. The summed E-state index contributed by atoms with van der Waals surface area (Å²) in [5, 5.41) is 2.49. The van der Waals surface area contributed by atoms with Crippen molar-refractivity contribution in [2.45, 2.75) is 0 Å². The van der Waals surface area contributed by atoms with Crippen LogP contribution in [-0.2, 0) is 0 Å². The number of fused-ring (bicyclic) bond motifs is 1. The van der Waals surface area contributed by atoms with Gasteiger partial charge in [-0.3, -0.25) is 0 Å². The zero-order chi connectivity index (χ0) is 13.2. The van der Waals surface area contributed by atoms with Gasteiger partial charge in [-0.05, 0) is 29.7 Å². The van der Waals surface area contributed by atoms with Gasteiger partial charge in [-0.2, -0.15) is 0 Å². The van der Waals surface area contributed by atoms with Crippen molar-refractivity contribution >= 4 is 27.8 Å². The molecule has 0 spiro atoms. The van der Waals surface area contributed by atoms with Gasteiger partial charge in [0, 0.05) is 29.5 Å². The maximum Gasteiger partial charge on any atom is 0.0487 e. The molecule has 0 aliphatic carbocycles. The summed E-state index contributed by atoms with van der Waals surface area (Å²) < 4.78 is 0. The second-order valence-electron chi connectivity index (χ2n) is 4.65. The van der Waals surface area contributed by atoms with Crippen LogP contribution in [0.3, 0.4) is 0 Å². The minimum Gasteiger partial charge on any atom is -0.399 e. The normalized spacial score (nSPS) is 10.6. The molecule has 0 aliphatic rings. The number of benzene rings is 3. The molecule has 2 heteroatoms. The predicted octanol–water partition coefficient (Wildman–Crippen LogP) is 4.19. The van der Waals surface area contributed by atoms with E-state index in [9.17, 15) is 0 Å². The van der Waals surface area contributed by atoms with Crippen molar-refractivity contribution in [2.24, 2.45) is 0 Å². The van der Waals surface area contributed by atoms with E-state index in [0.717, 1.165) is 11.4 Å². The Morgan fingerprint density at radius 2 is 1.58 bits per heavy atom. The zero-order valence-electron chi connectivity index (χ0n) is 10.9. The van der Waals surface area contributed by atoms with E-state index in [-0.39, 0.29) is 0 Å². The zero-order valence-corrected chi connectivity index (χ0v) is 10.9. The minimum atomic E-state index is 0.782. The van der Waals surface area contributed by atoms with Gasteiger partial charge in [0.25, 0.3) is 0 Å². The number of hydrogen-bond donors (Lipinski definition) is 1. The largest absolute Gasteiger partial charge is 0.399 e. The van der Waals surface area contributed by atoms with Crippen LogP contribution in [-0.4, -0.2) is 7.05 Å². The van der Waals surface area contributed by atoms with Crippen molar-refractivity contribution in [1.82, 2.24) is 0 Å². The molecular weight excluding hydrogens is 232 g/mol. The first kappa shape index (κ1) is 11.6. The summed E-state index contributed by atoms with van der Waals surface area (Å²) in [5.74, 6) is 0. The fraction of sp³-hybridized carbons (Fsp3) is 0.0588. The van der Waals surface area contributed by atoms with Gasteiger partial charge in [-0.1, -0.05) is 42.5 Å². The van der Waals surface area contributed by atoms with E-state index in [1.54, 1.807) is 0 Å².